The second kappa shape index (κ2) is 5.88. The molecule has 1 aliphatic heterocycles. The third kappa shape index (κ3) is 2.81. The molecule has 118 valence electrons. The minimum Gasteiger partial charge on any atom is -0.493 e. The molecule has 1 heterocycles. The maximum Gasteiger partial charge on any atom is 0.106 e. The summed E-state index contributed by atoms with van der Waals surface area (Å²) in [6.45, 7) is 0.703. The number of rotatable bonds is 3. The van der Waals surface area contributed by atoms with Gasteiger partial charge in [-0.15, -0.1) is 0 Å². The normalized spacial score (nSPS) is 32.1. The molecule has 2 atom stereocenters. The molecular formula is C22H24O. The van der Waals surface area contributed by atoms with Gasteiger partial charge in [0.05, 0.1) is 0 Å². The summed E-state index contributed by atoms with van der Waals surface area (Å²) < 4.78 is 6.11. The summed E-state index contributed by atoms with van der Waals surface area (Å²) in [5, 5.41) is 0. The fourth-order valence-corrected chi connectivity index (χ4v) is 4.44. The molecule has 23 heavy (non-hydrogen) atoms. The first-order valence-corrected chi connectivity index (χ1v) is 8.70. The highest BCUT2D eigenvalue weighted by Crippen LogP contribution is 2.53. The summed E-state index contributed by atoms with van der Waals surface area (Å²) in [7, 11) is 0. The maximum absolute atomic E-state index is 6.11. The predicted molar refractivity (Wildman–Crippen MR) is 94.9 cm³/mol. The molecule has 0 saturated carbocycles. The topological polar surface area (TPSA) is 9.23 Å². The van der Waals surface area contributed by atoms with E-state index in [-0.39, 0.29) is 10.8 Å². The van der Waals surface area contributed by atoms with E-state index in [2.05, 4.69) is 72.9 Å². The number of hydrogen-bond acceptors (Lipinski definition) is 1. The molecule has 0 fully saturated rings. The van der Waals surface area contributed by atoms with Gasteiger partial charge in [0, 0.05) is 10.8 Å². The first kappa shape index (κ1) is 14.6. The summed E-state index contributed by atoms with van der Waals surface area (Å²) in [6.07, 6.45) is 21.8. The third-order valence-electron chi connectivity index (χ3n) is 5.48. The molecule has 0 radical (unpaired) electrons. The van der Waals surface area contributed by atoms with Crippen LogP contribution in [0, 0.1) is 10.8 Å². The molecule has 0 saturated heterocycles. The Bertz CT molecular complexity index is 679. The van der Waals surface area contributed by atoms with Crippen LogP contribution in [-0.4, -0.2) is 6.61 Å². The number of allylic oxidation sites excluding steroid dienone is 7. The van der Waals surface area contributed by atoms with E-state index >= 15 is 0 Å². The van der Waals surface area contributed by atoms with E-state index in [9.17, 15) is 0 Å². The van der Waals surface area contributed by atoms with Gasteiger partial charge in [0.25, 0.3) is 0 Å². The Morgan fingerprint density at radius 3 is 2.61 bits per heavy atom. The van der Waals surface area contributed by atoms with Crippen LogP contribution in [0.2, 0.25) is 0 Å². The molecule has 0 aromatic heterocycles. The van der Waals surface area contributed by atoms with Crippen LogP contribution < -0.4 is 0 Å². The molecule has 3 aliphatic rings. The van der Waals surface area contributed by atoms with Crippen molar-refractivity contribution in [1.29, 1.82) is 0 Å². The van der Waals surface area contributed by atoms with E-state index < -0.39 is 0 Å². The van der Waals surface area contributed by atoms with Crippen molar-refractivity contribution in [1.82, 2.24) is 0 Å². The van der Waals surface area contributed by atoms with Crippen LogP contribution in [0.5, 0.6) is 0 Å². The van der Waals surface area contributed by atoms with Gasteiger partial charge in [-0.05, 0) is 49.8 Å². The van der Waals surface area contributed by atoms with Crippen molar-refractivity contribution in [2.45, 2.75) is 32.1 Å². The van der Waals surface area contributed by atoms with Crippen molar-refractivity contribution in [2.75, 3.05) is 6.61 Å². The molecular weight excluding hydrogens is 280 g/mol. The zero-order chi connectivity index (χ0) is 15.6. The SMILES string of the molecule is C1=CCOC(C2(Cc3ccccc3)CC=C[C@]3(C=CCC3)C2)=C1. The monoisotopic (exact) mass is 304 g/mol. The van der Waals surface area contributed by atoms with Crippen molar-refractivity contribution in [3.05, 3.63) is 84.2 Å². The lowest BCUT2D eigenvalue weighted by atomic mass is 9.62. The first-order valence-electron chi connectivity index (χ1n) is 8.70. The Hall–Kier alpha value is -2.02. The summed E-state index contributed by atoms with van der Waals surface area (Å²) in [4.78, 5) is 0. The second-order valence-corrected chi connectivity index (χ2v) is 7.17. The average molecular weight is 304 g/mol. The lowest BCUT2D eigenvalue weighted by Crippen LogP contribution is -2.36. The Kier molecular flexibility index (Phi) is 3.72. The third-order valence-corrected chi connectivity index (χ3v) is 5.48. The molecule has 1 unspecified atom stereocenters. The summed E-state index contributed by atoms with van der Waals surface area (Å²) in [5.41, 5.74) is 1.72. The largest absolute Gasteiger partial charge is 0.493 e. The molecule has 0 bridgehead atoms. The van der Waals surface area contributed by atoms with Crippen molar-refractivity contribution >= 4 is 0 Å². The Morgan fingerprint density at radius 1 is 1.00 bits per heavy atom. The van der Waals surface area contributed by atoms with Crippen LogP contribution in [0.25, 0.3) is 0 Å². The molecule has 4 rings (SSSR count). The quantitative estimate of drug-likeness (QED) is 0.682. The highest BCUT2D eigenvalue weighted by atomic mass is 16.5. The first-order chi connectivity index (χ1) is 11.3. The van der Waals surface area contributed by atoms with Crippen molar-refractivity contribution in [3.8, 4) is 0 Å². The molecule has 2 aliphatic carbocycles. The van der Waals surface area contributed by atoms with E-state index in [1.54, 1.807) is 0 Å². The minimum absolute atomic E-state index is 0.0789. The predicted octanol–water partition coefficient (Wildman–Crippen LogP) is 5.37. The zero-order valence-electron chi connectivity index (χ0n) is 13.6. The Labute approximate surface area is 139 Å². The molecule has 1 heteroatoms. The van der Waals surface area contributed by atoms with Crippen LogP contribution in [-0.2, 0) is 11.2 Å². The molecule has 1 spiro atoms. The van der Waals surface area contributed by atoms with Crippen LogP contribution in [0.15, 0.2) is 78.6 Å². The summed E-state index contributed by atoms with van der Waals surface area (Å²) in [5.74, 6) is 1.17. The van der Waals surface area contributed by atoms with Crippen molar-refractivity contribution in [2.24, 2.45) is 10.8 Å². The smallest absolute Gasteiger partial charge is 0.106 e. The van der Waals surface area contributed by atoms with E-state index in [1.807, 2.05) is 0 Å². The molecule has 1 aromatic rings. The molecule has 0 N–H and O–H groups in total. The van der Waals surface area contributed by atoms with E-state index in [0.29, 0.717) is 6.61 Å². The molecule has 0 amide bonds. The maximum atomic E-state index is 6.11. The van der Waals surface area contributed by atoms with Gasteiger partial charge in [0.2, 0.25) is 0 Å². The van der Waals surface area contributed by atoms with Gasteiger partial charge in [0.15, 0.2) is 0 Å². The highest BCUT2D eigenvalue weighted by Gasteiger charge is 2.45. The van der Waals surface area contributed by atoms with Gasteiger partial charge in [-0.3, -0.25) is 0 Å². The van der Waals surface area contributed by atoms with Crippen LogP contribution >= 0.6 is 0 Å². The lowest BCUT2D eigenvalue weighted by Gasteiger charge is -2.44. The fraction of sp³-hybridized carbons (Fsp3) is 0.364. The molecule has 1 nitrogen and oxygen atoms in total. The van der Waals surface area contributed by atoms with Gasteiger partial charge in [-0.2, -0.15) is 0 Å². The van der Waals surface area contributed by atoms with Gasteiger partial charge in [-0.1, -0.05) is 60.7 Å². The lowest BCUT2D eigenvalue weighted by molar-refractivity contribution is 0.104. The number of hydrogen-bond donors (Lipinski definition) is 0. The number of benzene rings is 1. The van der Waals surface area contributed by atoms with Crippen LogP contribution in [0.3, 0.4) is 0 Å². The van der Waals surface area contributed by atoms with Gasteiger partial charge < -0.3 is 4.74 Å². The number of ether oxygens (including phenoxy) is 1. The zero-order valence-corrected chi connectivity index (χ0v) is 13.6. The second-order valence-electron chi connectivity index (χ2n) is 7.17. The summed E-state index contributed by atoms with van der Waals surface area (Å²) >= 11 is 0. The van der Waals surface area contributed by atoms with E-state index in [4.69, 9.17) is 4.74 Å². The van der Waals surface area contributed by atoms with Crippen LogP contribution in [0.1, 0.15) is 31.2 Å². The fourth-order valence-electron chi connectivity index (χ4n) is 4.44. The van der Waals surface area contributed by atoms with Gasteiger partial charge in [-0.25, -0.2) is 0 Å². The van der Waals surface area contributed by atoms with Gasteiger partial charge in [0.1, 0.15) is 12.4 Å². The Balaban J connectivity index is 1.72. The average Bonchev–Trinajstić information content (AvgIpc) is 3.04. The van der Waals surface area contributed by atoms with E-state index in [0.717, 1.165) is 19.3 Å². The summed E-state index contributed by atoms with van der Waals surface area (Å²) in [6, 6.07) is 10.9. The molecule has 1 aromatic carbocycles. The van der Waals surface area contributed by atoms with E-state index in [1.165, 1.54) is 24.2 Å². The standard InChI is InChI=1S/C22H24O/c1-2-9-19(10-3-1)17-22(20-11-4-7-16-23-20)15-8-14-21(18-22)12-5-6-13-21/h1-5,7-12,14H,6,13,15-18H2/t21-,22?/m1/s1. The van der Waals surface area contributed by atoms with Gasteiger partial charge >= 0.3 is 0 Å². The highest BCUT2D eigenvalue weighted by molar-refractivity contribution is 5.31. The van der Waals surface area contributed by atoms with Crippen LogP contribution in [0.4, 0.5) is 0 Å². The van der Waals surface area contributed by atoms with Crippen molar-refractivity contribution in [3.63, 3.8) is 0 Å². The van der Waals surface area contributed by atoms with Crippen molar-refractivity contribution < 1.29 is 4.74 Å². The Morgan fingerprint density at radius 2 is 1.87 bits per heavy atom. The minimum atomic E-state index is 0.0789.